The van der Waals surface area contributed by atoms with E-state index in [4.69, 9.17) is 0 Å². The van der Waals surface area contributed by atoms with Crippen LogP contribution < -0.4 is 0 Å². The number of hydrogen-bond acceptors (Lipinski definition) is 2. The number of rotatable bonds is 1. The fourth-order valence-corrected chi connectivity index (χ4v) is 1.70. The van der Waals surface area contributed by atoms with Gasteiger partial charge in [0, 0.05) is 12.0 Å². The van der Waals surface area contributed by atoms with E-state index in [-0.39, 0.29) is 0 Å². The van der Waals surface area contributed by atoms with E-state index >= 15 is 0 Å². The van der Waals surface area contributed by atoms with Crippen LogP contribution in [0.15, 0.2) is 11.0 Å². The second kappa shape index (κ2) is 3.81. The quantitative estimate of drug-likeness (QED) is 0.542. The Balaban J connectivity index is 2.56. The summed E-state index contributed by atoms with van der Waals surface area (Å²) < 4.78 is 0. The third-order valence-electron chi connectivity index (χ3n) is 1.72. The molecule has 0 spiro atoms. The summed E-state index contributed by atoms with van der Waals surface area (Å²) in [4.78, 5) is 11.1. The molecule has 0 saturated heterocycles. The fourth-order valence-electron chi connectivity index (χ4n) is 1.17. The predicted octanol–water partition coefficient (Wildman–Crippen LogP) is 2.38. The van der Waals surface area contributed by atoms with Crippen molar-refractivity contribution in [3.63, 3.8) is 0 Å². The molecule has 0 radical (unpaired) electrons. The van der Waals surface area contributed by atoms with Gasteiger partial charge in [-0.15, -0.1) is 11.8 Å². The van der Waals surface area contributed by atoms with Gasteiger partial charge in [0.2, 0.25) is 0 Å². The van der Waals surface area contributed by atoms with Crippen LogP contribution in [0.2, 0.25) is 0 Å². The van der Waals surface area contributed by atoms with Gasteiger partial charge in [-0.25, -0.2) is 0 Å². The maximum absolute atomic E-state index is 11.1. The third kappa shape index (κ3) is 1.87. The molecule has 0 heterocycles. The molecule has 1 fully saturated rings. The first-order chi connectivity index (χ1) is 4.84. The maximum Gasteiger partial charge on any atom is 0.159 e. The number of carbonyl (C=O) groups excluding carboxylic acids is 1. The highest BCUT2D eigenvalue weighted by atomic mass is 32.2. The summed E-state index contributed by atoms with van der Waals surface area (Å²) in [5.74, 6) is 0.362. The minimum Gasteiger partial charge on any atom is -0.295 e. The molecule has 0 aromatic heterocycles. The van der Waals surface area contributed by atoms with Crippen molar-refractivity contribution in [1.29, 1.82) is 0 Å². The van der Waals surface area contributed by atoms with Crippen LogP contribution in [0.4, 0.5) is 0 Å². The summed E-state index contributed by atoms with van der Waals surface area (Å²) in [6.45, 7) is 0. The molecule has 1 saturated carbocycles. The van der Waals surface area contributed by atoms with E-state index in [1.807, 2.05) is 11.7 Å². The van der Waals surface area contributed by atoms with Crippen molar-refractivity contribution in [2.24, 2.45) is 0 Å². The normalized spacial score (nSPS) is 23.7. The van der Waals surface area contributed by atoms with Gasteiger partial charge in [0.1, 0.15) is 0 Å². The van der Waals surface area contributed by atoms with Crippen molar-refractivity contribution in [2.75, 3.05) is 6.26 Å². The molecular weight excluding hydrogens is 144 g/mol. The molecule has 2 heteroatoms. The zero-order valence-electron chi connectivity index (χ0n) is 6.22. The highest BCUT2D eigenvalue weighted by Gasteiger charge is 2.13. The molecule has 1 rings (SSSR count). The molecule has 1 nitrogen and oxygen atoms in total. The van der Waals surface area contributed by atoms with Crippen LogP contribution in [-0.2, 0) is 4.79 Å². The Morgan fingerprint density at radius 2 is 2.10 bits per heavy atom. The largest absolute Gasteiger partial charge is 0.295 e. The topological polar surface area (TPSA) is 17.1 Å². The maximum atomic E-state index is 11.1. The molecule has 0 aliphatic heterocycles. The van der Waals surface area contributed by atoms with Gasteiger partial charge >= 0.3 is 0 Å². The lowest BCUT2D eigenvalue weighted by Crippen LogP contribution is -2.07. The number of allylic oxidation sites excluding steroid dienone is 1. The molecule has 0 aromatic rings. The predicted molar refractivity (Wildman–Crippen MR) is 45.1 cm³/mol. The SMILES string of the molecule is CSC=C1CCCCC1=O. The molecule has 0 N–H and O–H groups in total. The third-order valence-corrected chi connectivity index (χ3v) is 2.24. The van der Waals surface area contributed by atoms with Crippen molar-refractivity contribution in [2.45, 2.75) is 25.7 Å². The average Bonchev–Trinajstić information content (AvgIpc) is 1.94. The van der Waals surface area contributed by atoms with Crippen molar-refractivity contribution < 1.29 is 4.79 Å². The van der Waals surface area contributed by atoms with E-state index in [9.17, 15) is 4.79 Å². The molecule has 0 amide bonds. The van der Waals surface area contributed by atoms with Crippen LogP contribution >= 0.6 is 11.8 Å². The molecule has 1 aliphatic rings. The average molecular weight is 156 g/mol. The fraction of sp³-hybridized carbons (Fsp3) is 0.625. The Bertz CT molecular complexity index is 161. The van der Waals surface area contributed by atoms with Crippen molar-refractivity contribution in [1.82, 2.24) is 0 Å². The van der Waals surface area contributed by atoms with E-state index in [0.29, 0.717) is 5.78 Å². The lowest BCUT2D eigenvalue weighted by Gasteiger charge is -2.11. The highest BCUT2D eigenvalue weighted by Crippen LogP contribution is 2.21. The standard InChI is InChI=1S/C8H12OS/c1-10-6-7-4-2-3-5-8(7)9/h6H,2-5H2,1H3. The molecule has 0 aromatic carbocycles. The van der Waals surface area contributed by atoms with Gasteiger partial charge in [-0.2, -0.15) is 0 Å². The molecule has 56 valence electrons. The second-order valence-corrected chi connectivity index (χ2v) is 3.22. The number of Topliss-reactive ketones (excluding diaryl/α,β-unsaturated/α-hetero) is 1. The Hall–Kier alpha value is -0.240. The van der Waals surface area contributed by atoms with E-state index in [1.54, 1.807) is 11.8 Å². The van der Waals surface area contributed by atoms with Crippen LogP contribution in [0.3, 0.4) is 0 Å². The van der Waals surface area contributed by atoms with Gasteiger partial charge in [-0.1, -0.05) is 0 Å². The van der Waals surface area contributed by atoms with Gasteiger partial charge in [-0.05, 0) is 30.9 Å². The van der Waals surface area contributed by atoms with E-state index in [0.717, 1.165) is 24.8 Å². The van der Waals surface area contributed by atoms with Gasteiger partial charge in [0.05, 0.1) is 0 Å². The van der Waals surface area contributed by atoms with E-state index in [1.165, 1.54) is 6.42 Å². The van der Waals surface area contributed by atoms with Gasteiger partial charge in [0.25, 0.3) is 0 Å². The lowest BCUT2D eigenvalue weighted by atomic mass is 9.95. The number of hydrogen-bond donors (Lipinski definition) is 0. The summed E-state index contributed by atoms with van der Waals surface area (Å²) in [7, 11) is 0. The smallest absolute Gasteiger partial charge is 0.159 e. The minimum absolute atomic E-state index is 0.362. The Morgan fingerprint density at radius 3 is 2.70 bits per heavy atom. The first-order valence-corrected chi connectivity index (χ1v) is 4.88. The van der Waals surface area contributed by atoms with E-state index in [2.05, 4.69) is 0 Å². The van der Waals surface area contributed by atoms with Crippen LogP contribution in [0.1, 0.15) is 25.7 Å². The van der Waals surface area contributed by atoms with Crippen LogP contribution in [-0.4, -0.2) is 12.0 Å². The van der Waals surface area contributed by atoms with Crippen LogP contribution in [0.5, 0.6) is 0 Å². The second-order valence-electron chi connectivity index (χ2n) is 2.51. The number of ketones is 1. The first-order valence-electron chi connectivity index (χ1n) is 3.59. The highest BCUT2D eigenvalue weighted by molar-refractivity contribution is 8.01. The van der Waals surface area contributed by atoms with Gasteiger partial charge in [-0.3, -0.25) is 4.79 Å². The summed E-state index contributed by atoms with van der Waals surface area (Å²) in [6.07, 6.45) is 6.05. The Labute approximate surface area is 65.9 Å². The minimum atomic E-state index is 0.362. The van der Waals surface area contributed by atoms with Crippen molar-refractivity contribution >= 4 is 17.5 Å². The molecule has 10 heavy (non-hydrogen) atoms. The van der Waals surface area contributed by atoms with Crippen molar-refractivity contribution in [3.05, 3.63) is 11.0 Å². The molecular formula is C8H12OS. The van der Waals surface area contributed by atoms with Crippen LogP contribution in [0, 0.1) is 0 Å². The Morgan fingerprint density at radius 1 is 1.40 bits per heavy atom. The Kier molecular flexibility index (Phi) is 3.00. The van der Waals surface area contributed by atoms with Gasteiger partial charge < -0.3 is 0 Å². The first kappa shape index (κ1) is 7.86. The molecule has 0 bridgehead atoms. The molecule has 1 aliphatic carbocycles. The molecule has 0 unspecified atom stereocenters. The van der Waals surface area contributed by atoms with Gasteiger partial charge in [0.15, 0.2) is 5.78 Å². The zero-order chi connectivity index (χ0) is 7.40. The summed E-state index contributed by atoms with van der Waals surface area (Å²) >= 11 is 1.63. The van der Waals surface area contributed by atoms with Crippen LogP contribution in [0.25, 0.3) is 0 Å². The number of thioether (sulfide) groups is 1. The monoisotopic (exact) mass is 156 g/mol. The molecule has 0 atom stereocenters. The zero-order valence-corrected chi connectivity index (χ0v) is 7.04. The van der Waals surface area contributed by atoms with E-state index < -0.39 is 0 Å². The summed E-state index contributed by atoms with van der Waals surface area (Å²) in [5.41, 5.74) is 1.04. The lowest BCUT2D eigenvalue weighted by molar-refractivity contribution is -0.116. The van der Waals surface area contributed by atoms with Crippen molar-refractivity contribution in [3.8, 4) is 0 Å². The number of carbonyl (C=O) groups is 1. The summed E-state index contributed by atoms with van der Waals surface area (Å²) in [5, 5.41) is 1.99. The summed E-state index contributed by atoms with van der Waals surface area (Å²) in [6, 6.07) is 0.